The molecule has 1 aromatic carbocycles. The number of benzene rings is 1. The maximum Gasteiger partial charge on any atom is 1.00 e. The van der Waals surface area contributed by atoms with Gasteiger partial charge in [0.15, 0.2) is 0 Å². The summed E-state index contributed by atoms with van der Waals surface area (Å²) >= 11 is 16.5. The summed E-state index contributed by atoms with van der Waals surface area (Å²) < 4.78 is 0. The van der Waals surface area contributed by atoms with Gasteiger partial charge in [-0.1, -0.05) is 46.6 Å². The molecule has 0 fully saturated rings. The van der Waals surface area contributed by atoms with Crippen LogP contribution in [0.1, 0.15) is 0 Å². The van der Waals surface area contributed by atoms with E-state index in [0.717, 1.165) is 0 Å². The topological polar surface area (TPSA) is 23.1 Å². The van der Waals surface area contributed by atoms with Crippen molar-refractivity contribution in [2.75, 3.05) is 0 Å². The van der Waals surface area contributed by atoms with Gasteiger partial charge in [-0.05, 0) is 6.07 Å². The van der Waals surface area contributed by atoms with Crippen LogP contribution in [-0.4, -0.2) is 0 Å². The van der Waals surface area contributed by atoms with E-state index in [2.05, 4.69) is 0 Å². The molecule has 5 heteroatoms. The van der Waals surface area contributed by atoms with Crippen LogP contribution in [0.25, 0.3) is 0 Å². The zero-order chi connectivity index (χ0) is 7.72. The average Bonchev–Trinajstić information content (AvgIpc) is 1.93. The molecule has 0 saturated carbocycles. The van der Waals surface area contributed by atoms with Crippen LogP contribution in [-0.2, 0) is 0 Å². The fraction of sp³-hybridized carbons (Fsp3) is 0. The van der Waals surface area contributed by atoms with Gasteiger partial charge in [0.2, 0.25) is 0 Å². The third kappa shape index (κ3) is 3.05. The third-order valence-electron chi connectivity index (χ3n) is 1.000. The van der Waals surface area contributed by atoms with Crippen molar-refractivity contribution >= 4 is 34.8 Å². The Bertz CT molecular complexity index is 237. The van der Waals surface area contributed by atoms with Crippen molar-refractivity contribution in [3.63, 3.8) is 0 Å². The molecule has 0 N–H and O–H groups in total. The summed E-state index contributed by atoms with van der Waals surface area (Å²) in [5.41, 5.74) is 0. The fourth-order valence-corrected chi connectivity index (χ4v) is 1.03. The summed E-state index contributed by atoms with van der Waals surface area (Å²) in [6.45, 7) is 0. The minimum atomic E-state index is -0.309. The van der Waals surface area contributed by atoms with E-state index in [-0.39, 0.29) is 67.2 Å². The Balaban J connectivity index is 0.000001000. The third-order valence-corrected chi connectivity index (χ3v) is 2.28. The summed E-state index contributed by atoms with van der Waals surface area (Å²) in [5, 5.41) is 11.1. The van der Waals surface area contributed by atoms with Crippen LogP contribution in [0.2, 0.25) is 15.1 Å². The largest absolute Gasteiger partial charge is 1.00 e. The Hall–Kier alpha value is 1.53. The quantitative estimate of drug-likeness (QED) is 0.448. The molecule has 0 unspecified atom stereocenters. The molecular formula is C6H2Cl3KO. The maximum atomic E-state index is 10.7. The summed E-state index contributed by atoms with van der Waals surface area (Å²) in [6.07, 6.45) is 0. The summed E-state index contributed by atoms with van der Waals surface area (Å²) in [4.78, 5) is 0. The number of rotatable bonds is 0. The molecule has 0 saturated heterocycles. The molecule has 1 nitrogen and oxygen atoms in total. The fourth-order valence-electron chi connectivity index (χ4n) is 0.508. The van der Waals surface area contributed by atoms with E-state index in [1.807, 2.05) is 0 Å². The van der Waals surface area contributed by atoms with E-state index in [4.69, 9.17) is 34.8 Å². The van der Waals surface area contributed by atoms with Crippen molar-refractivity contribution in [3.8, 4) is 5.75 Å². The molecule has 1 aromatic rings. The molecular weight excluding hydrogens is 234 g/mol. The molecule has 0 atom stereocenters. The van der Waals surface area contributed by atoms with E-state index >= 15 is 0 Å². The van der Waals surface area contributed by atoms with Crippen LogP contribution in [0.3, 0.4) is 0 Å². The molecule has 0 aliphatic carbocycles. The first kappa shape index (κ1) is 12.5. The predicted molar refractivity (Wildman–Crippen MR) is 40.9 cm³/mol. The number of hydrogen-bond donors (Lipinski definition) is 0. The number of hydrogen-bond acceptors (Lipinski definition) is 1. The monoisotopic (exact) mass is 234 g/mol. The Morgan fingerprint density at radius 2 is 1.55 bits per heavy atom. The molecule has 0 spiro atoms. The Labute approximate surface area is 122 Å². The smallest absolute Gasteiger partial charge is 0.871 e. The van der Waals surface area contributed by atoms with Crippen molar-refractivity contribution in [1.29, 1.82) is 0 Å². The summed E-state index contributed by atoms with van der Waals surface area (Å²) in [5.74, 6) is -0.309. The van der Waals surface area contributed by atoms with Gasteiger partial charge in [0.1, 0.15) is 0 Å². The first-order valence-electron chi connectivity index (χ1n) is 2.43. The normalized spacial score (nSPS) is 9.00. The molecule has 0 aromatic heterocycles. The van der Waals surface area contributed by atoms with Crippen LogP contribution >= 0.6 is 34.8 Å². The van der Waals surface area contributed by atoms with Crippen molar-refractivity contribution in [3.05, 3.63) is 27.2 Å². The second-order valence-electron chi connectivity index (χ2n) is 1.67. The van der Waals surface area contributed by atoms with Gasteiger partial charge >= 0.3 is 51.4 Å². The average molecular weight is 236 g/mol. The van der Waals surface area contributed by atoms with Gasteiger partial charge in [0.05, 0.1) is 15.1 Å². The van der Waals surface area contributed by atoms with Gasteiger partial charge < -0.3 is 5.11 Å². The SMILES string of the molecule is [K+].[O-]c1ccc(Cl)c(Cl)c1Cl. The molecule has 0 radical (unpaired) electrons. The van der Waals surface area contributed by atoms with Gasteiger partial charge in [-0.25, -0.2) is 0 Å². The molecule has 54 valence electrons. The van der Waals surface area contributed by atoms with Crippen LogP contribution in [0.4, 0.5) is 0 Å². The first-order chi connectivity index (χ1) is 4.63. The van der Waals surface area contributed by atoms with Gasteiger partial charge in [0, 0.05) is 0 Å². The number of halogens is 3. The predicted octanol–water partition coefficient (Wildman–Crippen LogP) is -0.276. The van der Waals surface area contributed by atoms with Crippen LogP contribution in [0, 0.1) is 0 Å². The molecule has 1 rings (SSSR count). The van der Waals surface area contributed by atoms with Crippen molar-refractivity contribution < 1.29 is 56.5 Å². The zero-order valence-corrected chi connectivity index (χ0v) is 11.1. The molecule has 0 aliphatic rings. The summed E-state index contributed by atoms with van der Waals surface area (Å²) in [7, 11) is 0. The van der Waals surface area contributed by atoms with E-state index < -0.39 is 0 Å². The van der Waals surface area contributed by atoms with Crippen LogP contribution < -0.4 is 56.5 Å². The van der Waals surface area contributed by atoms with Crippen LogP contribution in [0.5, 0.6) is 5.75 Å². The van der Waals surface area contributed by atoms with Crippen molar-refractivity contribution in [1.82, 2.24) is 0 Å². The zero-order valence-electron chi connectivity index (χ0n) is 5.70. The second kappa shape index (κ2) is 5.30. The van der Waals surface area contributed by atoms with Gasteiger partial charge in [-0.15, -0.1) is 0 Å². The standard InChI is InChI=1S/C6H3Cl3O.K/c7-3-1-2-4(10)6(9)5(3)8;/h1-2,10H;/q;+1/p-1. The molecule has 0 amide bonds. The van der Waals surface area contributed by atoms with E-state index in [1.54, 1.807) is 0 Å². The molecule has 0 aliphatic heterocycles. The molecule has 0 heterocycles. The Morgan fingerprint density at radius 1 is 1.00 bits per heavy atom. The van der Waals surface area contributed by atoms with Gasteiger partial charge in [0.25, 0.3) is 0 Å². The van der Waals surface area contributed by atoms with Crippen LogP contribution in [0.15, 0.2) is 12.1 Å². The Kier molecular flexibility index (Phi) is 6.03. The van der Waals surface area contributed by atoms with E-state index in [0.29, 0.717) is 5.02 Å². The minimum absolute atomic E-state index is 0. The maximum absolute atomic E-state index is 10.7. The van der Waals surface area contributed by atoms with Gasteiger partial charge in [-0.3, -0.25) is 0 Å². The first-order valence-corrected chi connectivity index (χ1v) is 3.57. The van der Waals surface area contributed by atoms with Crippen molar-refractivity contribution in [2.24, 2.45) is 0 Å². The molecule has 11 heavy (non-hydrogen) atoms. The minimum Gasteiger partial charge on any atom is -0.871 e. The van der Waals surface area contributed by atoms with E-state index in [1.165, 1.54) is 12.1 Å². The summed E-state index contributed by atoms with van der Waals surface area (Å²) in [6, 6.07) is 2.69. The van der Waals surface area contributed by atoms with E-state index in [9.17, 15) is 5.11 Å². The molecule has 0 bridgehead atoms. The second-order valence-corrected chi connectivity index (χ2v) is 2.84. The Morgan fingerprint density at radius 3 is 2.00 bits per heavy atom. The van der Waals surface area contributed by atoms with Crippen molar-refractivity contribution in [2.45, 2.75) is 0 Å². The van der Waals surface area contributed by atoms with Gasteiger partial charge in [-0.2, -0.15) is 0 Å².